The van der Waals surface area contributed by atoms with Gasteiger partial charge in [0, 0.05) is 18.3 Å². The van der Waals surface area contributed by atoms with Gasteiger partial charge >= 0.3 is 5.97 Å². The van der Waals surface area contributed by atoms with Gasteiger partial charge in [-0.25, -0.2) is 9.48 Å². The first-order valence-electron chi connectivity index (χ1n) is 9.19. The van der Waals surface area contributed by atoms with Gasteiger partial charge in [0.1, 0.15) is 11.3 Å². The number of nitrogens with zero attached hydrogens (tertiary/aromatic N) is 2. The Bertz CT molecular complexity index is 934. The number of carbonyl (C=O) groups is 2. The van der Waals surface area contributed by atoms with Gasteiger partial charge in [-0.2, -0.15) is 5.10 Å². The third kappa shape index (κ3) is 4.85. The average molecular weight is 377 g/mol. The molecule has 2 aromatic carbocycles. The first-order valence-corrected chi connectivity index (χ1v) is 9.19. The lowest BCUT2D eigenvalue weighted by Crippen LogP contribution is -2.31. The van der Waals surface area contributed by atoms with Crippen LogP contribution < -0.4 is 5.32 Å². The Morgan fingerprint density at radius 3 is 2.32 bits per heavy atom. The van der Waals surface area contributed by atoms with Crippen molar-refractivity contribution in [3.63, 3.8) is 0 Å². The summed E-state index contributed by atoms with van der Waals surface area (Å²) in [5.41, 5.74) is 2.45. The summed E-state index contributed by atoms with van der Waals surface area (Å²) in [5.74, 6) is -0.576. The van der Waals surface area contributed by atoms with Crippen molar-refractivity contribution in [2.45, 2.75) is 13.8 Å². The largest absolute Gasteiger partial charge is 0.452 e. The van der Waals surface area contributed by atoms with Crippen molar-refractivity contribution in [1.29, 1.82) is 0 Å². The van der Waals surface area contributed by atoms with Crippen molar-refractivity contribution < 1.29 is 14.3 Å². The topological polar surface area (TPSA) is 73.2 Å². The second-order valence-corrected chi connectivity index (χ2v) is 6.81. The van der Waals surface area contributed by atoms with E-state index in [4.69, 9.17) is 4.74 Å². The highest BCUT2D eigenvalue weighted by Crippen LogP contribution is 2.24. The summed E-state index contributed by atoms with van der Waals surface area (Å²) in [4.78, 5) is 24.5. The van der Waals surface area contributed by atoms with E-state index < -0.39 is 5.97 Å². The van der Waals surface area contributed by atoms with Gasteiger partial charge in [-0.15, -0.1) is 0 Å². The molecule has 1 heterocycles. The van der Waals surface area contributed by atoms with Crippen LogP contribution >= 0.6 is 0 Å². The molecule has 0 unspecified atom stereocenters. The molecule has 1 N–H and O–H groups in total. The minimum atomic E-state index is -0.583. The molecule has 0 spiro atoms. The van der Waals surface area contributed by atoms with Crippen LogP contribution in [0.2, 0.25) is 0 Å². The minimum absolute atomic E-state index is 0.312. The molecule has 0 saturated heterocycles. The van der Waals surface area contributed by atoms with E-state index in [-0.39, 0.29) is 12.5 Å². The summed E-state index contributed by atoms with van der Waals surface area (Å²) in [6.07, 6.45) is 1.63. The van der Waals surface area contributed by atoms with Crippen LogP contribution in [0.3, 0.4) is 0 Å². The molecule has 1 amide bonds. The molecule has 0 saturated carbocycles. The Morgan fingerprint density at radius 1 is 1.04 bits per heavy atom. The molecule has 28 heavy (non-hydrogen) atoms. The Labute approximate surface area is 164 Å². The lowest BCUT2D eigenvalue weighted by molar-refractivity contribution is -0.124. The summed E-state index contributed by atoms with van der Waals surface area (Å²) in [7, 11) is 0. The molecule has 0 radical (unpaired) electrons. The lowest BCUT2D eigenvalue weighted by Gasteiger charge is -2.08. The van der Waals surface area contributed by atoms with Crippen molar-refractivity contribution in [2.75, 3.05) is 13.2 Å². The normalized spacial score (nSPS) is 10.7. The summed E-state index contributed by atoms with van der Waals surface area (Å²) >= 11 is 0. The van der Waals surface area contributed by atoms with Gasteiger partial charge in [0.2, 0.25) is 0 Å². The van der Waals surface area contributed by atoms with E-state index in [9.17, 15) is 9.59 Å². The number of ether oxygens (including phenoxy) is 1. The molecular weight excluding hydrogens is 354 g/mol. The molecule has 6 heteroatoms. The summed E-state index contributed by atoms with van der Waals surface area (Å²) in [5, 5.41) is 7.30. The quantitative estimate of drug-likeness (QED) is 0.640. The number of aromatic nitrogens is 2. The highest BCUT2D eigenvalue weighted by molar-refractivity contribution is 5.97. The maximum absolute atomic E-state index is 12.7. The van der Waals surface area contributed by atoms with Crippen molar-refractivity contribution >= 4 is 11.9 Å². The van der Waals surface area contributed by atoms with Crippen molar-refractivity contribution in [3.8, 4) is 16.9 Å². The first kappa shape index (κ1) is 19.4. The number of carbonyl (C=O) groups excluding carboxylic acids is 2. The monoisotopic (exact) mass is 377 g/mol. The van der Waals surface area contributed by atoms with E-state index in [1.807, 2.05) is 74.5 Å². The number of hydrogen-bond donors (Lipinski definition) is 1. The minimum Gasteiger partial charge on any atom is -0.452 e. The maximum atomic E-state index is 12.7. The number of hydrogen-bond acceptors (Lipinski definition) is 4. The Hall–Kier alpha value is -3.41. The zero-order valence-corrected chi connectivity index (χ0v) is 16.0. The van der Waals surface area contributed by atoms with Crippen molar-refractivity contribution in [2.24, 2.45) is 5.92 Å². The van der Waals surface area contributed by atoms with Crippen LogP contribution in [0.1, 0.15) is 24.2 Å². The van der Waals surface area contributed by atoms with Crippen LogP contribution in [-0.2, 0) is 9.53 Å². The summed E-state index contributed by atoms with van der Waals surface area (Å²) in [6, 6.07) is 18.9. The molecule has 0 bridgehead atoms. The molecule has 0 aliphatic heterocycles. The van der Waals surface area contributed by atoms with E-state index in [0.29, 0.717) is 23.7 Å². The number of esters is 1. The third-order valence-electron chi connectivity index (χ3n) is 4.04. The summed E-state index contributed by atoms with van der Waals surface area (Å²) in [6.45, 7) is 4.21. The van der Waals surface area contributed by atoms with Crippen LogP contribution in [0.15, 0.2) is 66.9 Å². The number of nitrogens with one attached hydrogen (secondary N) is 1. The van der Waals surface area contributed by atoms with Gasteiger partial charge in [-0.3, -0.25) is 4.79 Å². The van der Waals surface area contributed by atoms with Crippen molar-refractivity contribution in [3.05, 3.63) is 72.4 Å². The van der Waals surface area contributed by atoms with Crippen LogP contribution in [0.25, 0.3) is 16.9 Å². The zero-order valence-electron chi connectivity index (χ0n) is 16.0. The molecule has 3 rings (SSSR count). The van der Waals surface area contributed by atoms with E-state index in [1.165, 1.54) is 0 Å². The number of para-hydroxylation sites is 1. The van der Waals surface area contributed by atoms with Gasteiger partial charge in [-0.1, -0.05) is 62.4 Å². The lowest BCUT2D eigenvalue weighted by atomic mass is 10.1. The highest BCUT2D eigenvalue weighted by Gasteiger charge is 2.20. The standard InChI is InChI=1S/C22H23N3O3/c1-16(2)13-23-20(26)15-28-22(27)19-14-25(18-11-7-4-8-12-18)24-21(19)17-9-5-3-6-10-17/h3-12,14,16H,13,15H2,1-2H3,(H,23,26). The number of amides is 1. The predicted octanol–water partition coefficient (Wildman–Crippen LogP) is 3.47. The molecule has 0 fully saturated rings. The van der Waals surface area contributed by atoms with Crippen LogP contribution in [0.5, 0.6) is 0 Å². The molecule has 3 aromatic rings. The van der Waals surface area contributed by atoms with E-state index in [1.54, 1.807) is 10.9 Å². The number of rotatable bonds is 7. The summed E-state index contributed by atoms with van der Waals surface area (Å²) < 4.78 is 6.87. The SMILES string of the molecule is CC(C)CNC(=O)COC(=O)c1cn(-c2ccccc2)nc1-c1ccccc1. The second kappa shape index (κ2) is 8.99. The fraction of sp³-hybridized carbons (Fsp3) is 0.227. The molecule has 144 valence electrons. The van der Waals surface area contributed by atoms with E-state index >= 15 is 0 Å². The zero-order chi connectivity index (χ0) is 19.9. The maximum Gasteiger partial charge on any atom is 0.342 e. The molecule has 1 aromatic heterocycles. The first-order chi connectivity index (χ1) is 13.5. The average Bonchev–Trinajstić information content (AvgIpc) is 3.17. The predicted molar refractivity (Wildman–Crippen MR) is 107 cm³/mol. The van der Waals surface area contributed by atoms with Gasteiger partial charge in [0.05, 0.1) is 5.69 Å². The molecule has 0 aliphatic rings. The number of benzene rings is 2. The van der Waals surface area contributed by atoms with E-state index in [0.717, 1.165) is 11.3 Å². The molecule has 6 nitrogen and oxygen atoms in total. The van der Waals surface area contributed by atoms with Crippen LogP contribution in [0, 0.1) is 5.92 Å². The Morgan fingerprint density at radius 2 is 1.68 bits per heavy atom. The third-order valence-corrected chi connectivity index (χ3v) is 4.04. The van der Waals surface area contributed by atoms with Crippen LogP contribution in [0.4, 0.5) is 0 Å². The second-order valence-electron chi connectivity index (χ2n) is 6.81. The van der Waals surface area contributed by atoms with Crippen LogP contribution in [-0.4, -0.2) is 34.8 Å². The van der Waals surface area contributed by atoms with Gasteiger partial charge in [-0.05, 0) is 18.1 Å². The highest BCUT2D eigenvalue weighted by atomic mass is 16.5. The fourth-order valence-electron chi connectivity index (χ4n) is 2.62. The van der Waals surface area contributed by atoms with E-state index in [2.05, 4.69) is 10.4 Å². The smallest absolute Gasteiger partial charge is 0.342 e. The van der Waals surface area contributed by atoms with Gasteiger partial charge < -0.3 is 10.1 Å². The van der Waals surface area contributed by atoms with Crippen molar-refractivity contribution in [1.82, 2.24) is 15.1 Å². The fourth-order valence-corrected chi connectivity index (χ4v) is 2.62. The van der Waals surface area contributed by atoms with Gasteiger partial charge in [0.15, 0.2) is 6.61 Å². The Kier molecular flexibility index (Phi) is 6.22. The molecule has 0 atom stereocenters. The molecule has 0 aliphatic carbocycles. The molecular formula is C22H23N3O3. The van der Waals surface area contributed by atoms with Gasteiger partial charge in [0.25, 0.3) is 5.91 Å². The Balaban J connectivity index is 1.83.